The molecule has 1 fully saturated rings. The van der Waals surface area contributed by atoms with E-state index < -0.39 is 0 Å². The molecule has 3 heterocycles. The number of nitrogens with zero attached hydrogens (tertiary/aromatic N) is 5. The van der Waals surface area contributed by atoms with Gasteiger partial charge in [0.15, 0.2) is 5.76 Å². The summed E-state index contributed by atoms with van der Waals surface area (Å²) in [5.41, 5.74) is 2.42. The number of carbonyl (C=O) groups is 1. The summed E-state index contributed by atoms with van der Waals surface area (Å²) in [6, 6.07) is 9.46. The summed E-state index contributed by atoms with van der Waals surface area (Å²) >= 11 is 0. The molecule has 2 aromatic heterocycles. The Bertz CT molecular complexity index is 820. The fourth-order valence-electron chi connectivity index (χ4n) is 3.09. The SMILES string of the molecule is Cc1cc([C@@H]2CCCN2C(=O)Cn2nc3ccccc3n2)on1. The normalized spacial score (nSPS) is 18.0. The van der Waals surface area contributed by atoms with Crippen LogP contribution in [-0.4, -0.2) is 37.5 Å². The number of benzene rings is 1. The Balaban J connectivity index is 1.53. The van der Waals surface area contributed by atoms with Crippen molar-refractivity contribution in [1.29, 1.82) is 0 Å². The summed E-state index contributed by atoms with van der Waals surface area (Å²) in [5, 5.41) is 12.6. The number of likely N-dealkylation sites (tertiary alicyclic amines) is 1. The first kappa shape index (κ1) is 13.9. The second kappa shape index (κ2) is 5.49. The Labute approximate surface area is 132 Å². The van der Waals surface area contributed by atoms with Crippen molar-refractivity contribution in [2.45, 2.75) is 32.4 Å². The van der Waals surface area contributed by atoms with E-state index in [-0.39, 0.29) is 18.5 Å². The van der Waals surface area contributed by atoms with Crippen LogP contribution in [0.1, 0.15) is 30.3 Å². The number of amides is 1. The number of hydrogen-bond donors (Lipinski definition) is 0. The minimum absolute atomic E-state index is 0.00172. The Hall–Kier alpha value is -2.70. The Morgan fingerprint density at radius 2 is 2.04 bits per heavy atom. The molecule has 4 rings (SSSR count). The quantitative estimate of drug-likeness (QED) is 0.740. The first-order valence-electron chi connectivity index (χ1n) is 7.73. The first-order chi connectivity index (χ1) is 11.2. The molecule has 1 amide bonds. The van der Waals surface area contributed by atoms with Gasteiger partial charge in [-0.25, -0.2) is 0 Å². The molecule has 7 nitrogen and oxygen atoms in total. The van der Waals surface area contributed by atoms with Gasteiger partial charge in [-0.15, -0.1) is 0 Å². The minimum Gasteiger partial charge on any atom is -0.359 e. The number of rotatable bonds is 3. The largest absolute Gasteiger partial charge is 0.359 e. The molecule has 1 aromatic carbocycles. The maximum atomic E-state index is 12.6. The van der Waals surface area contributed by atoms with E-state index >= 15 is 0 Å². The molecule has 1 aliphatic heterocycles. The van der Waals surface area contributed by atoms with Gasteiger partial charge in [-0.1, -0.05) is 17.3 Å². The van der Waals surface area contributed by atoms with Crippen molar-refractivity contribution in [2.24, 2.45) is 0 Å². The summed E-state index contributed by atoms with van der Waals surface area (Å²) in [6.45, 7) is 2.75. The van der Waals surface area contributed by atoms with Crippen molar-refractivity contribution in [3.8, 4) is 0 Å². The number of carbonyl (C=O) groups excluding carboxylic acids is 1. The van der Waals surface area contributed by atoms with Gasteiger partial charge in [-0.2, -0.15) is 15.0 Å². The van der Waals surface area contributed by atoms with Crippen LogP contribution in [0.15, 0.2) is 34.9 Å². The second-order valence-corrected chi connectivity index (χ2v) is 5.83. The lowest BCUT2D eigenvalue weighted by molar-refractivity contribution is -0.133. The van der Waals surface area contributed by atoms with E-state index in [1.807, 2.05) is 42.2 Å². The van der Waals surface area contributed by atoms with Crippen molar-refractivity contribution in [3.05, 3.63) is 41.8 Å². The highest BCUT2D eigenvalue weighted by atomic mass is 16.5. The fraction of sp³-hybridized carbons (Fsp3) is 0.375. The third kappa shape index (κ3) is 2.58. The lowest BCUT2D eigenvalue weighted by Crippen LogP contribution is -2.33. The standard InChI is InChI=1S/C16H17N5O2/c1-11-9-15(23-19-11)14-7-4-8-20(14)16(22)10-21-17-12-5-2-3-6-13(12)18-21/h2-3,5-6,9,14H,4,7-8,10H2,1H3/t14-/m0/s1. The molecule has 23 heavy (non-hydrogen) atoms. The molecule has 1 atom stereocenters. The van der Waals surface area contributed by atoms with Crippen LogP contribution < -0.4 is 0 Å². The van der Waals surface area contributed by atoms with Gasteiger partial charge in [0, 0.05) is 12.6 Å². The molecule has 0 N–H and O–H groups in total. The zero-order valence-electron chi connectivity index (χ0n) is 12.8. The maximum absolute atomic E-state index is 12.6. The fourth-order valence-corrected chi connectivity index (χ4v) is 3.09. The summed E-state index contributed by atoms with van der Waals surface area (Å²) in [5.74, 6) is 0.758. The van der Waals surface area contributed by atoms with Gasteiger partial charge in [0.2, 0.25) is 5.91 Å². The third-order valence-electron chi connectivity index (χ3n) is 4.15. The van der Waals surface area contributed by atoms with E-state index in [4.69, 9.17) is 4.52 Å². The average Bonchev–Trinajstić information content (AvgIpc) is 3.24. The smallest absolute Gasteiger partial charge is 0.246 e. The van der Waals surface area contributed by atoms with Crippen molar-refractivity contribution in [3.63, 3.8) is 0 Å². The molecule has 0 bridgehead atoms. The lowest BCUT2D eigenvalue weighted by Gasteiger charge is -2.22. The molecule has 118 valence electrons. The van der Waals surface area contributed by atoms with Crippen molar-refractivity contribution < 1.29 is 9.32 Å². The molecule has 0 aliphatic carbocycles. The molecule has 3 aromatic rings. The van der Waals surface area contributed by atoms with Gasteiger partial charge in [-0.05, 0) is 31.9 Å². The van der Waals surface area contributed by atoms with Crippen LogP contribution >= 0.6 is 0 Å². The first-order valence-corrected chi connectivity index (χ1v) is 7.73. The zero-order valence-corrected chi connectivity index (χ0v) is 12.8. The van der Waals surface area contributed by atoms with Crippen LogP contribution in [-0.2, 0) is 11.3 Å². The lowest BCUT2D eigenvalue weighted by atomic mass is 10.1. The van der Waals surface area contributed by atoms with E-state index in [9.17, 15) is 4.79 Å². The molecule has 1 saturated heterocycles. The summed E-state index contributed by atoms with van der Waals surface area (Å²) < 4.78 is 5.34. The van der Waals surface area contributed by atoms with Crippen LogP contribution in [0.4, 0.5) is 0 Å². The molecule has 0 spiro atoms. The minimum atomic E-state index is -0.0336. The Kier molecular flexibility index (Phi) is 3.33. The van der Waals surface area contributed by atoms with Crippen LogP contribution in [0.2, 0.25) is 0 Å². The van der Waals surface area contributed by atoms with Gasteiger partial charge in [0.1, 0.15) is 17.6 Å². The molecular formula is C16H17N5O2. The van der Waals surface area contributed by atoms with Gasteiger partial charge < -0.3 is 9.42 Å². The predicted molar refractivity (Wildman–Crippen MR) is 82.5 cm³/mol. The van der Waals surface area contributed by atoms with E-state index in [1.165, 1.54) is 4.80 Å². The van der Waals surface area contributed by atoms with E-state index in [0.717, 1.165) is 41.9 Å². The summed E-state index contributed by atoms with van der Waals surface area (Å²) in [4.78, 5) is 16.0. The second-order valence-electron chi connectivity index (χ2n) is 5.83. The maximum Gasteiger partial charge on any atom is 0.246 e. The molecule has 0 saturated carbocycles. The van der Waals surface area contributed by atoms with Crippen molar-refractivity contribution in [1.82, 2.24) is 25.1 Å². The highest BCUT2D eigenvalue weighted by Gasteiger charge is 2.32. The monoisotopic (exact) mass is 311 g/mol. The van der Waals surface area contributed by atoms with Crippen LogP contribution in [0, 0.1) is 6.92 Å². The van der Waals surface area contributed by atoms with E-state index in [2.05, 4.69) is 15.4 Å². The number of aryl methyl sites for hydroxylation is 1. The number of hydrogen-bond acceptors (Lipinski definition) is 5. The van der Waals surface area contributed by atoms with E-state index in [1.54, 1.807) is 0 Å². The Morgan fingerprint density at radius 1 is 1.30 bits per heavy atom. The Morgan fingerprint density at radius 3 is 2.70 bits per heavy atom. The van der Waals surface area contributed by atoms with Gasteiger partial charge in [0.25, 0.3) is 0 Å². The van der Waals surface area contributed by atoms with Crippen molar-refractivity contribution in [2.75, 3.05) is 6.54 Å². The molecule has 1 aliphatic rings. The van der Waals surface area contributed by atoms with Crippen LogP contribution in [0.25, 0.3) is 11.0 Å². The van der Waals surface area contributed by atoms with E-state index in [0.29, 0.717) is 0 Å². The zero-order chi connectivity index (χ0) is 15.8. The molecule has 0 radical (unpaired) electrons. The highest BCUT2D eigenvalue weighted by molar-refractivity contribution is 5.77. The molecular weight excluding hydrogens is 294 g/mol. The topological polar surface area (TPSA) is 77.0 Å². The summed E-state index contributed by atoms with van der Waals surface area (Å²) in [6.07, 6.45) is 1.86. The van der Waals surface area contributed by atoms with Crippen LogP contribution in [0.3, 0.4) is 0 Å². The summed E-state index contributed by atoms with van der Waals surface area (Å²) in [7, 11) is 0. The molecule has 0 unspecified atom stereocenters. The van der Waals surface area contributed by atoms with Gasteiger partial charge >= 0.3 is 0 Å². The third-order valence-corrected chi connectivity index (χ3v) is 4.15. The van der Waals surface area contributed by atoms with Gasteiger partial charge in [0.05, 0.1) is 11.7 Å². The van der Waals surface area contributed by atoms with Crippen LogP contribution in [0.5, 0.6) is 0 Å². The number of fused-ring (bicyclic) bond motifs is 1. The van der Waals surface area contributed by atoms with Crippen molar-refractivity contribution >= 4 is 16.9 Å². The predicted octanol–water partition coefficient (Wildman–Crippen LogP) is 2.09. The van der Waals surface area contributed by atoms with Gasteiger partial charge in [-0.3, -0.25) is 4.79 Å². The molecule has 7 heteroatoms. The number of aromatic nitrogens is 4. The average molecular weight is 311 g/mol. The highest BCUT2D eigenvalue weighted by Crippen LogP contribution is 2.32.